The van der Waals surface area contributed by atoms with Crippen molar-refractivity contribution in [3.05, 3.63) is 76.5 Å². The molecule has 0 aliphatic carbocycles. The number of nitrogens with zero attached hydrogens (tertiary/aromatic N) is 1. The van der Waals surface area contributed by atoms with Crippen LogP contribution >= 0.6 is 23.4 Å². The molecule has 0 N–H and O–H groups in total. The number of carbonyl (C=O) groups is 1. The number of para-hydroxylation sites is 1. The molecule has 0 saturated carbocycles. The number of thioether (sulfide) groups is 1. The Hall–Kier alpha value is -1.71. The normalized spacial score (nSPS) is 17.0. The minimum Gasteiger partial charge on any atom is -0.347 e. The van der Waals surface area contributed by atoms with E-state index < -0.39 is 0 Å². The maximum atomic E-state index is 12.5. The van der Waals surface area contributed by atoms with Gasteiger partial charge in [0.1, 0.15) is 0 Å². The van der Waals surface area contributed by atoms with Gasteiger partial charge in [-0.15, -0.1) is 11.8 Å². The summed E-state index contributed by atoms with van der Waals surface area (Å²) >= 11 is 7.53. The first-order valence-corrected chi connectivity index (χ1v) is 9.83. The van der Waals surface area contributed by atoms with Gasteiger partial charge in [0, 0.05) is 40.7 Å². The van der Waals surface area contributed by atoms with Crippen LogP contribution in [0.3, 0.4) is 0 Å². The second-order valence-corrected chi connectivity index (χ2v) is 8.24. The monoisotopic (exact) mass is 371 g/mol. The summed E-state index contributed by atoms with van der Waals surface area (Å²) in [4.78, 5) is 14.6. The molecule has 2 nitrogen and oxygen atoms in total. The molecule has 3 rings (SSSR count). The molecular weight excluding hydrogens is 350 g/mol. The molecule has 0 fully saturated rings. The number of carbonyl (C=O) groups excluding carboxylic acids is 1. The van der Waals surface area contributed by atoms with E-state index in [4.69, 9.17) is 11.6 Å². The van der Waals surface area contributed by atoms with Crippen LogP contribution in [0.2, 0.25) is 5.02 Å². The molecule has 0 saturated heterocycles. The zero-order valence-electron chi connectivity index (χ0n) is 14.8. The zero-order valence-corrected chi connectivity index (χ0v) is 16.3. The van der Waals surface area contributed by atoms with Gasteiger partial charge in [-0.25, -0.2) is 0 Å². The van der Waals surface area contributed by atoms with Crippen molar-refractivity contribution in [2.45, 2.75) is 25.0 Å². The molecule has 130 valence electrons. The van der Waals surface area contributed by atoms with Crippen LogP contribution in [0.15, 0.2) is 60.3 Å². The van der Waals surface area contributed by atoms with Crippen LogP contribution in [0.25, 0.3) is 0 Å². The highest BCUT2D eigenvalue weighted by atomic mass is 35.5. The van der Waals surface area contributed by atoms with Gasteiger partial charge in [0.2, 0.25) is 0 Å². The molecule has 1 aliphatic rings. The Kier molecular flexibility index (Phi) is 5.26. The van der Waals surface area contributed by atoms with Gasteiger partial charge >= 0.3 is 0 Å². The standard InChI is InChI=1S/C21H22ClNOS/c1-21(2)18-6-4-5-7-19(18)23(3)20(21)12-17(24)14-25-13-15-8-10-16(22)11-9-15/h4-12H,13-14H2,1-3H3. The number of ketones is 1. The van der Waals surface area contributed by atoms with Gasteiger partial charge in [-0.1, -0.05) is 55.8 Å². The molecule has 0 unspecified atom stereocenters. The molecule has 4 heteroatoms. The number of fused-ring (bicyclic) bond motifs is 1. The van der Waals surface area contributed by atoms with E-state index in [1.807, 2.05) is 43.5 Å². The van der Waals surface area contributed by atoms with Crippen molar-refractivity contribution < 1.29 is 4.79 Å². The molecule has 2 aromatic rings. The van der Waals surface area contributed by atoms with Gasteiger partial charge in [-0.2, -0.15) is 0 Å². The fourth-order valence-electron chi connectivity index (χ4n) is 3.30. The number of benzene rings is 2. The zero-order chi connectivity index (χ0) is 18.0. The predicted molar refractivity (Wildman–Crippen MR) is 109 cm³/mol. The Balaban J connectivity index is 1.66. The third-order valence-electron chi connectivity index (χ3n) is 4.66. The molecule has 0 bridgehead atoms. The van der Waals surface area contributed by atoms with E-state index in [1.54, 1.807) is 11.8 Å². The fraction of sp³-hybridized carbons (Fsp3) is 0.286. The molecular formula is C21H22ClNOS. The summed E-state index contributed by atoms with van der Waals surface area (Å²) in [5.41, 5.74) is 4.54. The highest BCUT2D eigenvalue weighted by molar-refractivity contribution is 7.99. The molecule has 2 aromatic carbocycles. The number of likely N-dealkylation sites (N-methyl/N-ethyl adjacent to an activating group) is 1. The summed E-state index contributed by atoms with van der Waals surface area (Å²) in [6.07, 6.45) is 1.81. The lowest BCUT2D eigenvalue weighted by molar-refractivity contribution is -0.112. The van der Waals surface area contributed by atoms with E-state index in [9.17, 15) is 4.79 Å². The summed E-state index contributed by atoms with van der Waals surface area (Å²) in [5.74, 6) is 1.44. The van der Waals surface area contributed by atoms with Crippen molar-refractivity contribution in [3.63, 3.8) is 0 Å². The van der Waals surface area contributed by atoms with Crippen LogP contribution in [0, 0.1) is 0 Å². The summed E-state index contributed by atoms with van der Waals surface area (Å²) in [6, 6.07) is 16.1. The van der Waals surface area contributed by atoms with Crippen LogP contribution < -0.4 is 4.90 Å². The van der Waals surface area contributed by atoms with Crippen LogP contribution in [0.1, 0.15) is 25.0 Å². The Morgan fingerprint density at radius 1 is 1.16 bits per heavy atom. The number of halogens is 1. The first-order chi connectivity index (χ1) is 11.9. The second-order valence-electron chi connectivity index (χ2n) is 6.82. The van der Waals surface area contributed by atoms with E-state index in [1.165, 1.54) is 16.8 Å². The molecule has 25 heavy (non-hydrogen) atoms. The largest absolute Gasteiger partial charge is 0.347 e. The first-order valence-electron chi connectivity index (χ1n) is 8.30. The smallest absolute Gasteiger partial charge is 0.167 e. The van der Waals surface area contributed by atoms with Gasteiger partial charge in [-0.3, -0.25) is 4.79 Å². The maximum absolute atomic E-state index is 12.5. The second kappa shape index (κ2) is 7.27. The lowest BCUT2D eigenvalue weighted by Gasteiger charge is -2.23. The molecule has 1 heterocycles. The highest BCUT2D eigenvalue weighted by Crippen LogP contribution is 2.46. The summed E-state index contributed by atoms with van der Waals surface area (Å²) in [6.45, 7) is 4.35. The Labute approximate surface area is 158 Å². The van der Waals surface area contributed by atoms with Crippen LogP contribution in [-0.2, 0) is 16.0 Å². The minimum atomic E-state index is -0.151. The van der Waals surface area contributed by atoms with E-state index in [0.29, 0.717) is 5.75 Å². The highest BCUT2D eigenvalue weighted by Gasteiger charge is 2.38. The van der Waals surface area contributed by atoms with E-state index >= 15 is 0 Å². The topological polar surface area (TPSA) is 20.3 Å². The lowest BCUT2D eigenvalue weighted by Crippen LogP contribution is -2.24. The molecule has 1 aliphatic heterocycles. The van der Waals surface area contributed by atoms with Gasteiger partial charge in [0.15, 0.2) is 5.78 Å². The third kappa shape index (κ3) is 3.78. The summed E-state index contributed by atoms with van der Waals surface area (Å²) in [5, 5.41) is 0.737. The van der Waals surface area contributed by atoms with Crippen molar-refractivity contribution in [2.24, 2.45) is 0 Å². The Morgan fingerprint density at radius 3 is 2.52 bits per heavy atom. The average Bonchev–Trinajstić information content (AvgIpc) is 2.78. The Morgan fingerprint density at radius 2 is 1.84 bits per heavy atom. The van der Waals surface area contributed by atoms with E-state index in [0.717, 1.165) is 16.5 Å². The van der Waals surface area contributed by atoms with Gasteiger partial charge < -0.3 is 4.90 Å². The maximum Gasteiger partial charge on any atom is 0.167 e. The molecule has 0 atom stereocenters. The van der Waals surface area contributed by atoms with Crippen molar-refractivity contribution in [1.82, 2.24) is 0 Å². The fourth-order valence-corrected chi connectivity index (χ4v) is 4.24. The van der Waals surface area contributed by atoms with Gasteiger partial charge in [0.25, 0.3) is 0 Å². The first kappa shape index (κ1) is 18.1. The summed E-state index contributed by atoms with van der Waals surface area (Å²) < 4.78 is 0. The quantitative estimate of drug-likeness (QED) is 0.651. The molecule has 0 aromatic heterocycles. The van der Waals surface area contributed by atoms with Crippen LogP contribution in [-0.4, -0.2) is 18.6 Å². The van der Waals surface area contributed by atoms with Crippen LogP contribution in [0.5, 0.6) is 0 Å². The van der Waals surface area contributed by atoms with E-state index in [2.05, 4.69) is 36.9 Å². The Bertz CT molecular complexity index is 811. The molecule has 0 radical (unpaired) electrons. The lowest BCUT2D eigenvalue weighted by atomic mass is 9.83. The number of allylic oxidation sites excluding steroid dienone is 2. The summed E-state index contributed by atoms with van der Waals surface area (Å²) in [7, 11) is 2.04. The van der Waals surface area contributed by atoms with Crippen molar-refractivity contribution in [2.75, 3.05) is 17.7 Å². The minimum absolute atomic E-state index is 0.151. The van der Waals surface area contributed by atoms with Crippen molar-refractivity contribution >= 4 is 34.8 Å². The van der Waals surface area contributed by atoms with Crippen molar-refractivity contribution in [1.29, 1.82) is 0 Å². The van der Waals surface area contributed by atoms with Crippen molar-refractivity contribution in [3.8, 4) is 0 Å². The number of anilines is 1. The molecule has 0 amide bonds. The van der Waals surface area contributed by atoms with Gasteiger partial charge in [0.05, 0.1) is 5.75 Å². The van der Waals surface area contributed by atoms with Gasteiger partial charge in [-0.05, 0) is 29.3 Å². The number of hydrogen-bond acceptors (Lipinski definition) is 3. The predicted octanol–water partition coefficient (Wildman–Crippen LogP) is 5.45. The van der Waals surface area contributed by atoms with Crippen LogP contribution in [0.4, 0.5) is 5.69 Å². The average molecular weight is 372 g/mol. The molecule has 0 spiro atoms. The number of rotatable bonds is 5. The number of hydrogen-bond donors (Lipinski definition) is 0. The van der Waals surface area contributed by atoms with E-state index in [-0.39, 0.29) is 11.2 Å². The third-order valence-corrected chi connectivity index (χ3v) is 5.94. The SMILES string of the molecule is CN1C(=CC(=O)CSCc2ccc(Cl)cc2)C(C)(C)c2ccccc21.